The standard InChI is InChI=1S/C17H15FN2O3S2/c18-11-1-6-16-14(9-11)15(7-8-24-16)19-17(21)10-25-13-4-2-12(3-5-13)20(22)23/h1-6,9,15H,7-8,10H2,(H,19,21). The van der Waals surface area contributed by atoms with E-state index in [1.54, 1.807) is 30.0 Å². The van der Waals surface area contributed by atoms with Gasteiger partial charge in [0.05, 0.1) is 16.7 Å². The first-order chi connectivity index (χ1) is 12.0. The minimum atomic E-state index is -0.460. The summed E-state index contributed by atoms with van der Waals surface area (Å²) in [5.41, 5.74) is 0.845. The predicted molar refractivity (Wildman–Crippen MR) is 96.4 cm³/mol. The molecule has 1 aliphatic heterocycles. The fourth-order valence-electron chi connectivity index (χ4n) is 2.56. The Hall–Kier alpha value is -2.06. The van der Waals surface area contributed by atoms with Crippen molar-refractivity contribution in [2.24, 2.45) is 0 Å². The highest BCUT2D eigenvalue weighted by Gasteiger charge is 2.22. The molecule has 130 valence electrons. The van der Waals surface area contributed by atoms with E-state index in [-0.39, 0.29) is 29.2 Å². The maximum atomic E-state index is 13.5. The number of amides is 1. The van der Waals surface area contributed by atoms with Crippen molar-refractivity contribution in [3.05, 3.63) is 64.0 Å². The number of carbonyl (C=O) groups excluding carboxylic acids is 1. The lowest BCUT2D eigenvalue weighted by Gasteiger charge is -2.26. The molecule has 0 saturated heterocycles. The molecule has 2 aromatic rings. The fourth-order valence-corrected chi connectivity index (χ4v) is 4.38. The Morgan fingerprint density at radius 3 is 2.80 bits per heavy atom. The summed E-state index contributed by atoms with van der Waals surface area (Å²) in [5.74, 6) is 0.627. The molecule has 2 aromatic carbocycles. The van der Waals surface area contributed by atoms with Crippen molar-refractivity contribution in [2.45, 2.75) is 22.3 Å². The average Bonchev–Trinajstić information content (AvgIpc) is 2.61. The minimum Gasteiger partial charge on any atom is -0.348 e. The maximum Gasteiger partial charge on any atom is 0.269 e. The van der Waals surface area contributed by atoms with Crippen LogP contribution in [-0.2, 0) is 4.79 Å². The number of non-ortho nitro benzene ring substituents is 1. The van der Waals surface area contributed by atoms with Gasteiger partial charge >= 0.3 is 0 Å². The average molecular weight is 378 g/mol. The van der Waals surface area contributed by atoms with Crippen LogP contribution in [0.3, 0.4) is 0 Å². The number of hydrogen-bond donors (Lipinski definition) is 1. The van der Waals surface area contributed by atoms with Gasteiger partial charge in [-0.2, -0.15) is 0 Å². The van der Waals surface area contributed by atoms with Gasteiger partial charge in [0.2, 0.25) is 5.91 Å². The Labute approximate surface area is 152 Å². The number of nitro benzene ring substituents is 1. The first-order valence-corrected chi connectivity index (χ1v) is 9.59. The molecule has 0 saturated carbocycles. The van der Waals surface area contributed by atoms with Crippen molar-refractivity contribution < 1.29 is 14.1 Å². The minimum absolute atomic E-state index is 0.0205. The van der Waals surface area contributed by atoms with Crippen molar-refractivity contribution in [1.29, 1.82) is 0 Å². The third-order valence-electron chi connectivity index (χ3n) is 3.76. The van der Waals surface area contributed by atoms with Gasteiger partial charge in [0.15, 0.2) is 0 Å². The molecule has 0 aromatic heterocycles. The van der Waals surface area contributed by atoms with Gasteiger partial charge in [0.1, 0.15) is 5.82 Å². The quantitative estimate of drug-likeness (QED) is 0.480. The van der Waals surface area contributed by atoms with Gasteiger partial charge in [-0.1, -0.05) is 0 Å². The topological polar surface area (TPSA) is 72.2 Å². The van der Waals surface area contributed by atoms with E-state index in [0.717, 1.165) is 27.5 Å². The molecule has 1 atom stereocenters. The summed E-state index contributed by atoms with van der Waals surface area (Å²) in [6.45, 7) is 0. The van der Waals surface area contributed by atoms with Crippen molar-refractivity contribution in [3.8, 4) is 0 Å². The van der Waals surface area contributed by atoms with Crippen molar-refractivity contribution in [1.82, 2.24) is 5.32 Å². The fraction of sp³-hybridized carbons (Fsp3) is 0.235. The van der Waals surface area contributed by atoms with Gasteiger partial charge in [0.25, 0.3) is 5.69 Å². The van der Waals surface area contributed by atoms with Gasteiger partial charge in [-0.3, -0.25) is 14.9 Å². The molecule has 25 heavy (non-hydrogen) atoms. The molecule has 1 heterocycles. The molecular formula is C17H15FN2O3S2. The highest BCUT2D eigenvalue weighted by molar-refractivity contribution is 8.00. The van der Waals surface area contributed by atoms with Crippen LogP contribution in [0.25, 0.3) is 0 Å². The number of nitrogens with zero attached hydrogens (tertiary/aromatic N) is 1. The number of fused-ring (bicyclic) bond motifs is 1. The highest BCUT2D eigenvalue weighted by Crippen LogP contribution is 2.36. The van der Waals surface area contributed by atoms with Crippen molar-refractivity contribution in [3.63, 3.8) is 0 Å². The SMILES string of the molecule is O=C(CSc1ccc([N+](=O)[O-])cc1)NC1CCSc2ccc(F)cc21. The zero-order valence-corrected chi connectivity index (χ0v) is 14.7. The Balaban J connectivity index is 1.58. The number of carbonyl (C=O) groups is 1. The zero-order chi connectivity index (χ0) is 17.8. The Bertz CT molecular complexity index is 799. The number of halogens is 1. The molecule has 1 amide bonds. The van der Waals surface area contributed by atoms with Gasteiger partial charge < -0.3 is 5.32 Å². The monoisotopic (exact) mass is 378 g/mol. The third kappa shape index (κ3) is 4.52. The zero-order valence-electron chi connectivity index (χ0n) is 13.1. The Morgan fingerprint density at radius 1 is 1.32 bits per heavy atom. The third-order valence-corrected chi connectivity index (χ3v) is 5.90. The van der Waals surface area contributed by atoms with E-state index in [0.29, 0.717) is 0 Å². The van der Waals surface area contributed by atoms with Gasteiger partial charge in [0, 0.05) is 27.7 Å². The second kappa shape index (κ2) is 7.88. The molecule has 1 N–H and O–H groups in total. The molecule has 0 radical (unpaired) electrons. The van der Waals surface area contributed by atoms with Crippen molar-refractivity contribution in [2.75, 3.05) is 11.5 Å². The largest absolute Gasteiger partial charge is 0.348 e. The summed E-state index contributed by atoms with van der Waals surface area (Å²) in [5, 5.41) is 13.6. The Kier molecular flexibility index (Phi) is 5.60. The van der Waals surface area contributed by atoms with Crippen LogP contribution >= 0.6 is 23.5 Å². The van der Waals surface area contributed by atoms with Gasteiger partial charge in [-0.15, -0.1) is 23.5 Å². The molecular weight excluding hydrogens is 363 g/mol. The highest BCUT2D eigenvalue weighted by atomic mass is 32.2. The molecule has 8 heteroatoms. The lowest BCUT2D eigenvalue weighted by atomic mass is 10.0. The summed E-state index contributed by atoms with van der Waals surface area (Å²) >= 11 is 2.97. The van der Waals surface area contributed by atoms with Crippen LogP contribution in [0.4, 0.5) is 10.1 Å². The van der Waals surface area contributed by atoms with E-state index >= 15 is 0 Å². The molecule has 1 aliphatic rings. The molecule has 0 aliphatic carbocycles. The summed E-state index contributed by atoms with van der Waals surface area (Å²) in [6, 6.07) is 10.6. The van der Waals surface area contributed by atoms with Gasteiger partial charge in [-0.25, -0.2) is 4.39 Å². The maximum absolute atomic E-state index is 13.5. The van der Waals surface area contributed by atoms with Crippen LogP contribution in [0.5, 0.6) is 0 Å². The molecule has 0 spiro atoms. The van der Waals surface area contributed by atoms with Crippen LogP contribution in [0, 0.1) is 15.9 Å². The second-order valence-corrected chi connectivity index (χ2v) is 7.66. The van der Waals surface area contributed by atoms with Crippen LogP contribution < -0.4 is 5.32 Å². The van der Waals surface area contributed by atoms with E-state index in [2.05, 4.69) is 5.32 Å². The van der Waals surface area contributed by atoms with E-state index < -0.39 is 4.92 Å². The number of benzene rings is 2. The number of nitrogens with one attached hydrogen (secondary N) is 1. The molecule has 5 nitrogen and oxygen atoms in total. The number of rotatable bonds is 5. The van der Waals surface area contributed by atoms with Crippen LogP contribution in [0.2, 0.25) is 0 Å². The van der Waals surface area contributed by atoms with Crippen LogP contribution in [-0.4, -0.2) is 22.3 Å². The molecule has 1 unspecified atom stereocenters. The first-order valence-electron chi connectivity index (χ1n) is 7.62. The summed E-state index contributed by atoms with van der Waals surface area (Å²) in [6.07, 6.45) is 0.759. The number of hydrogen-bond acceptors (Lipinski definition) is 5. The smallest absolute Gasteiger partial charge is 0.269 e. The molecule has 3 rings (SSSR count). The van der Waals surface area contributed by atoms with Crippen LogP contribution in [0.15, 0.2) is 52.3 Å². The van der Waals surface area contributed by atoms with Crippen LogP contribution in [0.1, 0.15) is 18.0 Å². The summed E-state index contributed by atoms with van der Waals surface area (Å²) in [7, 11) is 0. The predicted octanol–water partition coefficient (Wildman–Crippen LogP) is 4.18. The van der Waals surface area contributed by atoms with E-state index in [4.69, 9.17) is 0 Å². The first kappa shape index (κ1) is 17.8. The number of nitro groups is 1. The Morgan fingerprint density at radius 2 is 2.08 bits per heavy atom. The molecule has 0 fully saturated rings. The molecule has 0 bridgehead atoms. The van der Waals surface area contributed by atoms with E-state index in [1.165, 1.54) is 36.0 Å². The second-order valence-electron chi connectivity index (χ2n) is 5.48. The normalized spacial score (nSPS) is 16.1. The van der Waals surface area contributed by atoms with Gasteiger partial charge in [-0.05, 0) is 42.3 Å². The number of thioether (sulfide) groups is 2. The van der Waals surface area contributed by atoms with Crippen molar-refractivity contribution >= 4 is 35.1 Å². The summed E-state index contributed by atoms with van der Waals surface area (Å²) in [4.78, 5) is 24.2. The summed E-state index contributed by atoms with van der Waals surface area (Å²) < 4.78 is 13.5. The lowest BCUT2D eigenvalue weighted by Crippen LogP contribution is -2.32. The van der Waals surface area contributed by atoms with E-state index in [1.807, 2.05) is 0 Å². The van der Waals surface area contributed by atoms with E-state index in [9.17, 15) is 19.3 Å². The lowest BCUT2D eigenvalue weighted by molar-refractivity contribution is -0.384.